The maximum Gasteiger partial charge on any atom is 0.321 e. The van der Waals surface area contributed by atoms with Crippen molar-refractivity contribution in [2.45, 2.75) is 40.7 Å². The first-order chi connectivity index (χ1) is 12.9. The molecule has 0 aliphatic heterocycles. The number of ketones is 1. The zero-order valence-corrected chi connectivity index (χ0v) is 17.1. The second-order valence-electron chi connectivity index (χ2n) is 6.32. The Morgan fingerprint density at radius 3 is 2.26 bits per heavy atom. The van der Waals surface area contributed by atoms with Gasteiger partial charge in [-0.25, -0.2) is 4.79 Å². The molecule has 1 unspecified atom stereocenters. The molecule has 0 heterocycles. The summed E-state index contributed by atoms with van der Waals surface area (Å²) in [7, 11) is 0. The molecule has 27 heavy (non-hydrogen) atoms. The van der Waals surface area contributed by atoms with Crippen LogP contribution in [0.15, 0.2) is 18.2 Å². The first kappa shape index (κ1) is 22.9. The van der Waals surface area contributed by atoms with Crippen LogP contribution in [0.3, 0.4) is 0 Å². The highest BCUT2D eigenvalue weighted by atomic mass is 16.5. The normalized spacial score (nSPS) is 12.0. The summed E-state index contributed by atoms with van der Waals surface area (Å²) in [5.41, 5.74) is 0.913. The summed E-state index contributed by atoms with van der Waals surface area (Å²) in [6.45, 7) is 12.9. The number of nitrogens with zero attached hydrogens (tertiary/aromatic N) is 2. The molecule has 0 saturated heterocycles. The Labute approximate surface area is 162 Å². The van der Waals surface area contributed by atoms with Crippen LogP contribution in [-0.4, -0.2) is 72.2 Å². The van der Waals surface area contributed by atoms with Crippen molar-refractivity contribution < 1.29 is 19.4 Å². The summed E-state index contributed by atoms with van der Waals surface area (Å²) in [6.07, 6.45) is -0.647. The van der Waals surface area contributed by atoms with Crippen molar-refractivity contribution in [1.82, 2.24) is 9.80 Å². The fourth-order valence-electron chi connectivity index (χ4n) is 2.74. The van der Waals surface area contributed by atoms with E-state index in [0.717, 1.165) is 13.1 Å². The molecular weight excluding hydrogens is 346 g/mol. The topological polar surface area (TPSA) is 82.1 Å². The van der Waals surface area contributed by atoms with Crippen LogP contribution in [0.25, 0.3) is 0 Å². The Morgan fingerprint density at radius 1 is 1.11 bits per heavy atom. The Morgan fingerprint density at radius 2 is 1.74 bits per heavy atom. The van der Waals surface area contributed by atoms with E-state index in [2.05, 4.69) is 10.2 Å². The number of nitrogens with one attached hydrogen (secondary N) is 1. The van der Waals surface area contributed by atoms with Crippen LogP contribution < -0.4 is 10.1 Å². The molecule has 7 heteroatoms. The van der Waals surface area contributed by atoms with Crippen LogP contribution in [0.4, 0.5) is 10.5 Å². The van der Waals surface area contributed by atoms with E-state index in [0.29, 0.717) is 36.6 Å². The summed E-state index contributed by atoms with van der Waals surface area (Å²) in [5, 5.41) is 12.9. The van der Waals surface area contributed by atoms with Crippen molar-refractivity contribution in [1.29, 1.82) is 0 Å². The molecule has 1 aromatic rings. The quantitative estimate of drug-likeness (QED) is 0.578. The number of carbonyl (C=O) groups excluding carboxylic acids is 2. The fourth-order valence-corrected chi connectivity index (χ4v) is 2.74. The minimum absolute atomic E-state index is 0.0991. The molecule has 7 nitrogen and oxygen atoms in total. The molecule has 0 bridgehead atoms. The molecule has 0 aliphatic rings. The summed E-state index contributed by atoms with van der Waals surface area (Å²) in [5.74, 6) is 0.240. The van der Waals surface area contributed by atoms with Gasteiger partial charge in [0.2, 0.25) is 0 Å². The van der Waals surface area contributed by atoms with E-state index < -0.39 is 6.10 Å². The van der Waals surface area contributed by atoms with Gasteiger partial charge < -0.3 is 25.0 Å². The van der Waals surface area contributed by atoms with Crippen molar-refractivity contribution in [2.24, 2.45) is 0 Å². The first-order valence-corrected chi connectivity index (χ1v) is 9.60. The van der Waals surface area contributed by atoms with Crippen molar-refractivity contribution in [2.75, 3.05) is 44.6 Å². The number of urea groups is 1. The fraction of sp³-hybridized carbons (Fsp3) is 0.600. The molecular formula is C20H33N3O4. The average molecular weight is 380 g/mol. The lowest BCUT2D eigenvalue weighted by molar-refractivity contribution is 0.0708. The molecule has 152 valence electrons. The van der Waals surface area contributed by atoms with Crippen molar-refractivity contribution in [3.8, 4) is 5.75 Å². The number of amides is 2. The van der Waals surface area contributed by atoms with E-state index in [1.807, 2.05) is 27.7 Å². The van der Waals surface area contributed by atoms with Gasteiger partial charge in [-0.1, -0.05) is 13.8 Å². The van der Waals surface area contributed by atoms with E-state index in [9.17, 15) is 14.7 Å². The van der Waals surface area contributed by atoms with Crippen molar-refractivity contribution in [3.05, 3.63) is 23.8 Å². The van der Waals surface area contributed by atoms with E-state index >= 15 is 0 Å². The van der Waals surface area contributed by atoms with Crippen LogP contribution in [0.5, 0.6) is 5.75 Å². The van der Waals surface area contributed by atoms with E-state index in [1.165, 1.54) is 6.92 Å². The number of rotatable bonds is 11. The van der Waals surface area contributed by atoms with Crippen LogP contribution in [0, 0.1) is 0 Å². The maximum atomic E-state index is 12.2. The van der Waals surface area contributed by atoms with Crippen LogP contribution in [0.1, 0.15) is 45.0 Å². The number of aliphatic hydroxyl groups excluding tert-OH is 1. The summed E-state index contributed by atoms with van der Waals surface area (Å²) < 4.78 is 5.68. The number of Topliss-reactive ketones (excluding diaryl/α,β-unsaturated/α-hetero) is 1. The highest BCUT2D eigenvalue weighted by Gasteiger charge is 2.15. The standard InChI is InChI=1S/C20H33N3O4/c1-6-22(7-2)13-17(25)14-27-19-11-10-16(12-18(19)15(5)24)21-20(26)23(8-3)9-4/h10-12,17,25H,6-9,13-14H2,1-5H3,(H,21,26). The number of hydrogen-bond donors (Lipinski definition) is 2. The van der Waals surface area contributed by atoms with Crippen LogP contribution >= 0.6 is 0 Å². The molecule has 1 aromatic carbocycles. The van der Waals surface area contributed by atoms with Gasteiger partial charge in [-0.3, -0.25) is 4.79 Å². The molecule has 0 fully saturated rings. The number of aliphatic hydroxyl groups is 1. The smallest absolute Gasteiger partial charge is 0.321 e. The lowest BCUT2D eigenvalue weighted by atomic mass is 10.1. The SMILES string of the molecule is CCN(CC)CC(O)COc1ccc(NC(=O)N(CC)CC)cc1C(C)=O. The molecule has 0 spiro atoms. The van der Waals surface area contributed by atoms with Gasteiger partial charge in [0, 0.05) is 25.3 Å². The second kappa shape index (κ2) is 11.6. The number of benzene rings is 1. The molecule has 2 amide bonds. The zero-order chi connectivity index (χ0) is 20.4. The number of hydrogen-bond acceptors (Lipinski definition) is 5. The third-order valence-corrected chi connectivity index (χ3v) is 4.46. The van der Waals surface area contributed by atoms with Gasteiger partial charge >= 0.3 is 6.03 Å². The number of ether oxygens (including phenoxy) is 1. The third kappa shape index (κ3) is 7.19. The van der Waals surface area contributed by atoms with Gasteiger partial charge in [0.15, 0.2) is 5.78 Å². The minimum Gasteiger partial charge on any atom is -0.490 e. The number of carbonyl (C=O) groups is 2. The van der Waals surface area contributed by atoms with Crippen molar-refractivity contribution in [3.63, 3.8) is 0 Å². The number of likely N-dealkylation sites (N-methyl/N-ethyl adjacent to an activating group) is 1. The van der Waals surface area contributed by atoms with Gasteiger partial charge in [0.25, 0.3) is 0 Å². The summed E-state index contributed by atoms with van der Waals surface area (Å²) >= 11 is 0. The predicted octanol–water partition coefficient (Wildman–Crippen LogP) is 2.84. The van der Waals surface area contributed by atoms with E-state index in [-0.39, 0.29) is 18.4 Å². The van der Waals surface area contributed by atoms with Crippen LogP contribution in [0.2, 0.25) is 0 Å². The lowest BCUT2D eigenvalue weighted by Crippen LogP contribution is -2.35. The Hall–Kier alpha value is -2.12. The van der Waals surface area contributed by atoms with Gasteiger partial charge in [-0.05, 0) is 52.1 Å². The third-order valence-electron chi connectivity index (χ3n) is 4.46. The van der Waals surface area contributed by atoms with E-state index in [4.69, 9.17) is 4.74 Å². The molecule has 0 radical (unpaired) electrons. The van der Waals surface area contributed by atoms with E-state index in [1.54, 1.807) is 23.1 Å². The predicted molar refractivity (Wildman–Crippen MR) is 108 cm³/mol. The molecule has 1 atom stereocenters. The second-order valence-corrected chi connectivity index (χ2v) is 6.32. The highest BCUT2D eigenvalue weighted by Crippen LogP contribution is 2.24. The molecule has 2 N–H and O–H groups in total. The summed E-state index contributed by atoms with van der Waals surface area (Å²) in [4.78, 5) is 27.9. The zero-order valence-electron chi connectivity index (χ0n) is 17.1. The number of anilines is 1. The van der Waals surface area contributed by atoms with Crippen LogP contribution in [-0.2, 0) is 0 Å². The van der Waals surface area contributed by atoms with Gasteiger partial charge in [0.1, 0.15) is 18.5 Å². The molecule has 0 saturated carbocycles. The van der Waals surface area contributed by atoms with Crippen molar-refractivity contribution >= 4 is 17.5 Å². The Balaban J connectivity index is 2.81. The van der Waals surface area contributed by atoms with Gasteiger partial charge in [0.05, 0.1) is 5.56 Å². The molecule has 1 rings (SSSR count). The first-order valence-electron chi connectivity index (χ1n) is 9.60. The average Bonchev–Trinajstić information content (AvgIpc) is 2.65. The monoisotopic (exact) mass is 379 g/mol. The van der Waals surface area contributed by atoms with Gasteiger partial charge in [-0.15, -0.1) is 0 Å². The summed E-state index contributed by atoms with van der Waals surface area (Å²) in [6, 6.07) is 4.74. The Bertz CT molecular complexity index is 613. The molecule has 0 aliphatic carbocycles. The van der Waals surface area contributed by atoms with Gasteiger partial charge in [-0.2, -0.15) is 0 Å². The maximum absolute atomic E-state index is 12.2. The Kier molecular flexibility index (Phi) is 9.82. The lowest BCUT2D eigenvalue weighted by Gasteiger charge is -2.22. The highest BCUT2D eigenvalue weighted by molar-refractivity contribution is 5.99. The minimum atomic E-state index is -0.647. The molecule has 0 aromatic heterocycles. The largest absolute Gasteiger partial charge is 0.490 e.